The molecule has 1 amide bonds. The van der Waals surface area contributed by atoms with Crippen LogP contribution in [0.1, 0.15) is 43.4 Å². The molecule has 0 unspecified atom stereocenters. The van der Waals surface area contributed by atoms with Gasteiger partial charge in [0.25, 0.3) is 0 Å². The Morgan fingerprint density at radius 3 is 2.50 bits per heavy atom. The summed E-state index contributed by atoms with van der Waals surface area (Å²) in [7, 11) is 1.72. The second kappa shape index (κ2) is 8.68. The van der Waals surface area contributed by atoms with E-state index in [1.807, 2.05) is 57.2 Å². The van der Waals surface area contributed by atoms with E-state index in [0.29, 0.717) is 17.2 Å². The molecule has 10 heteroatoms. The fraction of sp³-hybridized carbons (Fsp3) is 0.300. The fourth-order valence-corrected chi connectivity index (χ4v) is 2.71. The minimum absolute atomic E-state index is 0.0428. The number of primary amides is 1. The molecule has 0 aliphatic carbocycles. The minimum atomic E-state index is -0.926. The number of nitrogens with two attached hydrogens (primary N) is 1. The molecule has 3 aromatic rings. The van der Waals surface area contributed by atoms with E-state index in [1.165, 1.54) is 4.68 Å². The van der Waals surface area contributed by atoms with Gasteiger partial charge in [-0.25, -0.2) is 14.5 Å². The number of carbonyl (C=O) groups excluding carboxylic acids is 1. The number of aryl methyl sites for hydroxylation is 1. The summed E-state index contributed by atoms with van der Waals surface area (Å²) in [5, 5.41) is 15.8. The van der Waals surface area contributed by atoms with Gasteiger partial charge in [0.15, 0.2) is 12.3 Å². The van der Waals surface area contributed by atoms with E-state index in [2.05, 4.69) is 25.7 Å². The molecule has 30 heavy (non-hydrogen) atoms. The van der Waals surface area contributed by atoms with E-state index in [9.17, 15) is 4.79 Å². The molecule has 1 aromatic carbocycles. The molecule has 0 bridgehead atoms. The first-order valence-corrected chi connectivity index (χ1v) is 9.21. The molecule has 10 nitrogen and oxygen atoms in total. The Morgan fingerprint density at radius 1 is 1.17 bits per heavy atom. The van der Waals surface area contributed by atoms with Crippen LogP contribution in [-0.2, 0) is 23.9 Å². The van der Waals surface area contributed by atoms with Crippen LogP contribution in [0.15, 0.2) is 47.6 Å². The molecule has 2 N–H and O–H groups in total. The molecule has 0 aliphatic rings. The highest BCUT2D eigenvalue weighted by atomic mass is 16.6. The van der Waals surface area contributed by atoms with E-state index in [-0.39, 0.29) is 17.9 Å². The van der Waals surface area contributed by atoms with Gasteiger partial charge >= 0.3 is 6.09 Å². The normalized spacial score (nSPS) is 11.9. The van der Waals surface area contributed by atoms with Gasteiger partial charge < -0.3 is 15.3 Å². The zero-order valence-corrected chi connectivity index (χ0v) is 17.2. The van der Waals surface area contributed by atoms with E-state index in [4.69, 9.17) is 15.3 Å². The second-order valence-electron chi connectivity index (χ2n) is 7.53. The second-order valence-corrected chi connectivity index (χ2v) is 7.53. The van der Waals surface area contributed by atoms with Crippen molar-refractivity contribution in [3.63, 3.8) is 0 Å². The molecule has 2 heterocycles. The van der Waals surface area contributed by atoms with E-state index >= 15 is 0 Å². The van der Waals surface area contributed by atoms with Gasteiger partial charge in [0.05, 0.1) is 5.69 Å². The number of nitrogens with zero attached hydrogens (tertiary/aromatic N) is 6. The highest BCUT2D eigenvalue weighted by molar-refractivity contribution is 6.10. The first-order chi connectivity index (χ1) is 14.3. The molecule has 0 atom stereocenters. The Hall–Kier alpha value is -3.82. The summed E-state index contributed by atoms with van der Waals surface area (Å²) in [4.78, 5) is 21.2. The maximum atomic E-state index is 11.3. The third-order valence-electron chi connectivity index (χ3n) is 4.17. The quantitative estimate of drug-likeness (QED) is 0.488. The number of carbonyl (C=O) groups is 1. The van der Waals surface area contributed by atoms with Crippen LogP contribution in [0.5, 0.6) is 5.88 Å². The number of ether oxygens (including phenoxy) is 1. The number of benzene rings is 1. The number of aromatic nitrogens is 5. The lowest BCUT2D eigenvalue weighted by Gasteiger charge is -2.21. The molecule has 0 aliphatic heterocycles. The number of oxime groups is 1. The van der Waals surface area contributed by atoms with Crippen LogP contribution in [0.4, 0.5) is 4.79 Å². The summed E-state index contributed by atoms with van der Waals surface area (Å²) in [5.41, 5.74) is 7.44. The van der Waals surface area contributed by atoms with Crippen molar-refractivity contribution in [3.05, 3.63) is 65.1 Å². The number of hydrogen-bond donors (Lipinski definition) is 1. The minimum Gasteiger partial charge on any atom is -0.391 e. The standard InChI is InChI=1S/C20H23N7O3/c1-20(2,3)15-11-10-14(22-18(15)30-19(21)28)12-29-24-16(13-8-6-5-7-9-13)17-23-25-26-27(17)4/h5-11H,12H2,1-4H3,(H2,21,28). The first kappa shape index (κ1) is 20.9. The zero-order chi connectivity index (χ0) is 21.7. The van der Waals surface area contributed by atoms with Crippen molar-refractivity contribution in [1.29, 1.82) is 0 Å². The third kappa shape index (κ3) is 4.96. The van der Waals surface area contributed by atoms with E-state index < -0.39 is 6.09 Å². The highest BCUT2D eigenvalue weighted by Gasteiger charge is 2.22. The maximum absolute atomic E-state index is 11.3. The average Bonchev–Trinajstić information content (AvgIpc) is 3.10. The molecule has 156 valence electrons. The number of rotatable bonds is 6. The van der Waals surface area contributed by atoms with Crippen molar-refractivity contribution < 1.29 is 14.4 Å². The number of hydrogen-bond acceptors (Lipinski definition) is 8. The average molecular weight is 409 g/mol. The number of amides is 1. The van der Waals surface area contributed by atoms with Gasteiger partial charge in [-0.15, -0.1) is 5.10 Å². The SMILES string of the molecule is Cn1nnnc1C(=NOCc1ccc(C(C)(C)C)c(OC(N)=O)n1)c1ccccc1. The van der Waals surface area contributed by atoms with Gasteiger partial charge in [0, 0.05) is 18.2 Å². The Bertz CT molecular complexity index is 1060. The van der Waals surface area contributed by atoms with Crippen molar-refractivity contribution >= 4 is 11.8 Å². The zero-order valence-electron chi connectivity index (χ0n) is 17.2. The maximum Gasteiger partial charge on any atom is 0.411 e. The van der Waals surface area contributed by atoms with Crippen LogP contribution in [0.2, 0.25) is 0 Å². The van der Waals surface area contributed by atoms with Crippen molar-refractivity contribution in [2.75, 3.05) is 0 Å². The summed E-state index contributed by atoms with van der Waals surface area (Å²) < 4.78 is 6.59. The predicted molar refractivity (Wildman–Crippen MR) is 109 cm³/mol. The van der Waals surface area contributed by atoms with Crippen LogP contribution in [0.25, 0.3) is 0 Å². The van der Waals surface area contributed by atoms with Gasteiger partial charge in [-0.05, 0) is 21.9 Å². The largest absolute Gasteiger partial charge is 0.411 e. The summed E-state index contributed by atoms with van der Waals surface area (Å²) in [5.74, 6) is 0.607. The van der Waals surface area contributed by atoms with Gasteiger partial charge in [-0.1, -0.05) is 62.3 Å². The molecule has 0 spiro atoms. The van der Waals surface area contributed by atoms with Crippen LogP contribution in [-0.4, -0.2) is 37.0 Å². The molecule has 0 saturated heterocycles. The topological polar surface area (TPSA) is 130 Å². The molecule has 3 rings (SSSR count). The smallest absolute Gasteiger partial charge is 0.391 e. The Morgan fingerprint density at radius 2 is 1.90 bits per heavy atom. The molecule has 2 aromatic heterocycles. The van der Waals surface area contributed by atoms with Crippen molar-refractivity contribution in [3.8, 4) is 5.88 Å². The predicted octanol–water partition coefficient (Wildman–Crippen LogP) is 2.33. The van der Waals surface area contributed by atoms with Crippen molar-refractivity contribution in [1.82, 2.24) is 25.2 Å². The van der Waals surface area contributed by atoms with Crippen LogP contribution < -0.4 is 10.5 Å². The lowest BCUT2D eigenvalue weighted by molar-refractivity contribution is 0.127. The summed E-state index contributed by atoms with van der Waals surface area (Å²) in [6.07, 6.45) is -0.926. The van der Waals surface area contributed by atoms with Crippen molar-refractivity contribution in [2.45, 2.75) is 32.8 Å². The van der Waals surface area contributed by atoms with Gasteiger partial charge in [-0.3, -0.25) is 0 Å². The first-order valence-electron chi connectivity index (χ1n) is 9.21. The lowest BCUT2D eigenvalue weighted by atomic mass is 9.87. The molecule has 0 radical (unpaired) electrons. The number of pyridine rings is 1. The third-order valence-corrected chi connectivity index (χ3v) is 4.17. The Balaban J connectivity index is 1.86. The highest BCUT2D eigenvalue weighted by Crippen LogP contribution is 2.30. The monoisotopic (exact) mass is 409 g/mol. The van der Waals surface area contributed by atoms with E-state index in [0.717, 1.165) is 11.1 Å². The van der Waals surface area contributed by atoms with Crippen LogP contribution in [0, 0.1) is 0 Å². The molecule has 0 saturated carbocycles. The fourth-order valence-electron chi connectivity index (χ4n) is 2.71. The molecular formula is C20H23N7O3. The van der Waals surface area contributed by atoms with E-state index in [1.54, 1.807) is 13.1 Å². The Labute approximate surface area is 173 Å². The van der Waals surface area contributed by atoms with Crippen LogP contribution >= 0.6 is 0 Å². The number of tetrazole rings is 1. The summed E-state index contributed by atoms with van der Waals surface area (Å²) in [6.45, 7) is 6.00. The van der Waals surface area contributed by atoms with Gasteiger partial charge in [0.2, 0.25) is 11.7 Å². The van der Waals surface area contributed by atoms with Gasteiger partial charge in [-0.2, -0.15) is 0 Å². The molecular weight excluding hydrogens is 386 g/mol. The summed E-state index contributed by atoms with van der Waals surface area (Å²) in [6, 6.07) is 13.0. The van der Waals surface area contributed by atoms with Crippen molar-refractivity contribution in [2.24, 2.45) is 17.9 Å². The van der Waals surface area contributed by atoms with Crippen LogP contribution in [0.3, 0.4) is 0 Å². The molecule has 0 fully saturated rings. The van der Waals surface area contributed by atoms with Gasteiger partial charge in [0.1, 0.15) is 0 Å². The summed E-state index contributed by atoms with van der Waals surface area (Å²) >= 11 is 0. The Kier molecular flexibility index (Phi) is 6.05. The lowest BCUT2D eigenvalue weighted by Crippen LogP contribution is -2.21.